The van der Waals surface area contributed by atoms with Gasteiger partial charge in [0.2, 0.25) is 5.91 Å². The van der Waals surface area contributed by atoms with Gasteiger partial charge in [0, 0.05) is 58.2 Å². The second kappa shape index (κ2) is 12.0. The lowest BCUT2D eigenvalue weighted by Gasteiger charge is -2.26. The van der Waals surface area contributed by atoms with Gasteiger partial charge < -0.3 is 15.5 Å². The number of hydrogen-bond acceptors (Lipinski definition) is 4. The first kappa shape index (κ1) is 25.0. The Balaban J connectivity index is 0.00000289. The van der Waals surface area contributed by atoms with E-state index in [0.717, 1.165) is 76.4 Å². The van der Waals surface area contributed by atoms with Crippen LogP contribution in [0.3, 0.4) is 0 Å². The maximum atomic E-state index is 12.8. The second-order valence-corrected chi connectivity index (χ2v) is 9.13. The molecule has 2 fully saturated rings. The van der Waals surface area contributed by atoms with Crippen LogP contribution in [0.4, 0.5) is 0 Å². The number of aryl methyl sites for hydroxylation is 2. The maximum Gasteiger partial charge on any atom is 0.345 e. The molecule has 3 heterocycles. The molecule has 9 nitrogen and oxygen atoms in total. The molecule has 0 spiro atoms. The number of nitrogens with zero attached hydrogens (tertiary/aromatic N) is 5. The van der Waals surface area contributed by atoms with Gasteiger partial charge in [-0.05, 0) is 38.5 Å². The third-order valence-corrected chi connectivity index (χ3v) is 6.89. The van der Waals surface area contributed by atoms with Gasteiger partial charge in [-0.2, -0.15) is 5.10 Å². The molecule has 0 aromatic carbocycles. The van der Waals surface area contributed by atoms with Crippen molar-refractivity contribution in [2.24, 2.45) is 10.9 Å². The van der Waals surface area contributed by atoms with E-state index in [9.17, 15) is 9.59 Å². The van der Waals surface area contributed by atoms with Crippen LogP contribution >= 0.6 is 24.0 Å². The molecule has 1 amide bonds. The van der Waals surface area contributed by atoms with Crippen LogP contribution in [0.2, 0.25) is 0 Å². The van der Waals surface area contributed by atoms with E-state index in [-0.39, 0.29) is 41.6 Å². The number of amides is 1. The van der Waals surface area contributed by atoms with E-state index in [0.29, 0.717) is 19.0 Å². The van der Waals surface area contributed by atoms with Gasteiger partial charge in [0.05, 0.1) is 0 Å². The van der Waals surface area contributed by atoms with E-state index in [1.54, 1.807) is 11.7 Å². The molecule has 1 atom stereocenters. The highest BCUT2D eigenvalue weighted by atomic mass is 127. The van der Waals surface area contributed by atoms with Crippen LogP contribution in [0.5, 0.6) is 0 Å². The van der Waals surface area contributed by atoms with E-state index < -0.39 is 0 Å². The van der Waals surface area contributed by atoms with Crippen molar-refractivity contribution in [3.8, 4) is 0 Å². The second-order valence-electron chi connectivity index (χ2n) is 9.13. The van der Waals surface area contributed by atoms with E-state index in [1.165, 1.54) is 19.3 Å². The van der Waals surface area contributed by atoms with Crippen LogP contribution in [-0.2, 0) is 24.3 Å². The summed E-state index contributed by atoms with van der Waals surface area (Å²) in [5.74, 6) is 2.27. The molecule has 2 aliphatic heterocycles. The first-order chi connectivity index (χ1) is 15.2. The zero-order chi connectivity index (χ0) is 21.6. The largest absolute Gasteiger partial charge is 0.356 e. The predicted molar refractivity (Wildman–Crippen MR) is 136 cm³/mol. The molecule has 0 radical (unpaired) electrons. The van der Waals surface area contributed by atoms with Gasteiger partial charge in [-0.3, -0.25) is 14.4 Å². The van der Waals surface area contributed by atoms with Gasteiger partial charge in [0.25, 0.3) is 0 Å². The Bertz CT molecular complexity index is 844. The summed E-state index contributed by atoms with van der Waals surface area (Å²) in [6.45, 7) is 3.70. The molecule has 3 aliphatic rings. The molecule has 0 bridgehead atoms. The smallest absolute Gasteiger partial charge is 0.345 e. The lowest BCUT2D eigenvalue weighted by Crippen LogP contribution is -2.46. The molecule has 1 saturated carbocycles. The fourth-order valence-corrected chi connectivity index (χ4v) is 5.10. The third kappa shape index (κ3) is 6.05. The number of carbonyl (C=O) groups is 1. The molecular formula is C22H38IN7O2. The average Bonchev–Trinajstić information content (AvgIpc) is 3.40. The topological polar surface area (TPSA) is 96.6 Å². The molecule has 1 unspecified atom stereocenters. The Kier molecular flexibility index (Phi) is 9.42. The number of carbonyl (C=O) groups excluding carboxylic acids is 1. The van der Waals surface area contributed by atoms with Crippen LogP contribution < -0.4 is 16.3 Å². The molecule has 180 valence electrons. The molecule has 1 aliphatic carbocycles. The summed E-state index contributed by atoms with van der Waals surface area (Å²) in [6, 6.07) is 0.237. The van der Waals surface area contributed by atoms with E-state index in [4.69, 9.17) is 0 Å². The highest BCUT2D eigenvalue weighted by molar-refractivity contribution is 14.0. The van der Waals surface area contributed by atoms with Gasteiger partial charge in [-0.25, -0.2) is 9.48 Å². The van der Waals surface area contributed by atoms with Crippen molar-refractivity contribution in [2.45, 2.75) is 83.3 Å². The summed E-state index contributed by atoms with van der Waals surface area (Å²) in [7, 11) is 1.77. The van der Waals surface area contributed by atoms with Gasteiger partial charge >= 0.3 is 5.69 Å². The van der Waals surface area contributed by atoms with E-state index >= 15 is 0 Å². The Morgan fingerprint density at radius 1 is 1.12 bits per heavy atom. The Morgan fingerprint density at radius 2 is 1.94 bits per heavy atom. The summed E-state index contributed by atoms with van der Waals surface area (Å²) >= 11 is 0. The minimum atomic E-state index is 0. The van der Waals surface area contributed by atoms with Crippen molar-refractivity contribution in [1.82, 2.24) is 29.9 Å². The summed E-state index contributed by atoms with van der Waals surface area (Å²) in [5.41, 5.74) is 0.0193. The average molecular weight is 559 g/mol. The number of aliphatic imine (C=N–C) groups is 1. The van der Waals surface area contributed by atoms with Crippen molar-refractivity contribution in [1.29, 1.82) is 0 Å². The zero-order valence-electron chi connectivity index (χ0n) is 19.2. The quantitative estimate of drug-likeness (QED) is 0.240. The highest BCUT2D eigenvalue weighted by Gasteiger charge is 2.31. The third-order valence-electron chi connectivity index (χ3n) is 6.89. The van der Waals surface area contributed by atoms with Crippen molar-refractivity contribution in [3.05, 3.63) is 16.3 Å². The number of nitrogens with one attached hydrogen (secondary N) is 2. The predicted octanol–water partition coefficient (Wildman–Crippen LogP) is 1.74. The monoisotopic (exact) mass is 559 g/mol. The first-order valence-corrected chi connectivity index (χ1v) is 12.1. The first-order valence-electron chi connectivity index (χ1n) is 12.1. The van der Waals surface area contributed by atoms with Crippen LogP contribution in [0, 0.1) is 5.92 Å². The summed E-state index contributed by atoms with van der Waals surface area (Å²) < 4.78 is 3.42. The minimum Gasteiger partial charge on any atom is -0.356 e. The Hall–Kier alpha value is -1.59. The van der Waals surface area contributed by atoms with Gasteiger partial charge in [0.1, 0.15) is 5.82 Å². The Labute approximate surface area is 207 Å². The van der Waals surface area contributed by atoms with E-state index in [2.05, 4.69) is 20.7 Å². The number of likely N-dealkylation sites (tertiary alicyclic amines) is 1. The highest BCUT2D eigenvalue weighted by Crippen LogP contribution is 2.26. The van der Waals surface area contributed by atoms with Gasteiger partial charge in [-0.15, -0.1) is 24.0 Å². The minimum absolute atomic E-state index is 0. The van der Waals surface area contributed by atoms with Crippen LogP contribution in [0.25, 0.3) is 0 Å². The van der Waals surface area contributed by atoms with Crippen molar-refractivity contribution >= 4 is 35.8 Å². The number of hydrogen-bond donors (Lipinski definition) is 2. The SMILES string of the molecule is CN=C(NCCCn1nc2n(c1=O)CCCC2)NC1CCN(C(=O)C2CCCCC2)C1.I. The number of aromatic nitrogens is 3. The maximum absolute atomic E-state index is 12.8. The van der Waals surface area contributed by atoms with E-state index in [1.807, 2.05) is 9.47 Å². The number of halogens is 1. The molecule has 10 heteroatoms. The molecule has 1 saturated heterocycles. The molecule has 2 N–H and O–H groups in total. The Morgan fingerprint density at radius 3 is 2.69 bits per heavy atom. The summed E-state index contributed by atoms with van der Waals surface area (Å²) in [4.78, 5) is 31.5. The van der Waals surface area contributed by atoms with Gasteiger partial charge in [-0.1, -0.05) is 19.3 Å². The van der Waals surface area contributed by atoms with Crippen molar-refractivity contribution in [3.63, 3.8) is 0 Å². The molecule has 32 heavy (non-hydrogen) atoms. The number of guanidine groups is 1. The van der Waals surface area contributed by atoms with Crippen molar-refractivity contribution in [2.75, 3.05) is 26.7 Å². The van der Waals surface area contributed by atoms with Gasteiger partial charge in [0.15, 0.2) is 5.96 Å². The molecule has 1 aromatic heterocycles. The molecule has 4 rings (SSSR count). The van der Waals surface area contributed by atoms with Crippen molar-refractivity contribution < 1.29 is 4.79 Å². The summed E-state index contributed by atoms with van der Waals surface area (Å²) in [5, 5.41) is 11.3. The number of rotatable bonds is 6. The number of fused-ring (bicyclic) bond motifs is 1. The zero-order valence-corrected chi connectivity index (χ0v) is 21.6. The van der Waals surface area contributed by atoms with Crippen LogP contribution in [-0.4, -0.2) is 63.8 Å². The fraction of sp³-hybridized carbons (Fsp3) is 0.818. The molecule has 1 aromatic rings. The molecular weight excluding hydrogens is 521 g/mol. The standard InChI is InChI=1S/C22H37N7O2.HI/c1-23-21(24-12-7-14-29-22(31)28-13-6-5-10-19(28)26-29)25-18-11-15-27(16-18)20(30)17-8-3-2-4-9-17;/h17-18H,2-16H2,1H3,(H2,23,24,25);1H. The normalized spacial score (nSPS) is 21.7. The summed E-state index contributed by atoms with van der Waals surface area (Å²) in [6.07, 6.45) is 10.6. The fourth-order valence-electron chi connectivity index (χ4n) is 5.10. The van der Waals surface area contributed by atoms with Crippen LogP contribution in [0.1, 0.15) is 63.6 Å². The lowest BCUT2D eigenvalue weighted by molar-refractivity contribution is -0.135. The lowest BCUT2D eigenvalue weighted by atomic mass is 9.88. The van der Waals surface area contributed by atoms with Crippen LogP contribution in [0.15, 0.2) is 9.79 Å².